The second-order valence-electron chi connectivity index (χ2n) is 5.40. The molecule has 1 aromatic heterocycles. The van der Waals surface area contributed by atoms with Gasteiger partial charge < -0.3 is 14.8 Å². The predicted octanol–water partition coefficient (Wildman–Crippen LogP) is 4.65. The summed E-state index contributed by atoms with van der Waals surface area (Å²) in [6.45, 7) is 0.212. The smallest absolute Gasteiger partial charge is 0.231 e. The molecule has 0 unspecified atom stereocenters. The predicted molar refractivity (Wildman–Crippen MR) is 97.3 cm³/mol. The molecule has 0 saturated heterocycles. The van der Waals surface area contributed by atoms with E-state index in [2.05, 4.69) is 16.4 Å². The second kappa shape index (κ2) is 6.86. The fraction of sp³-hybridized carbons (Fsp3) is 0.0526. The van der Waals surface area contributed by atoms with Gasteiger partial charge in [0.15, 0.2) is 11.5 Å². The molecular formula is C19H12FN3O2S. The molecule has 0 spiro atoms. The lowest BCUT2D eigenvalue weighted by Crippen LogP contribution is -1.93. The fourth-order valence-electron chi connectivity index (χ4n) is 2.46. The molecule has 0 amide bonds. The number of rotatable bonds is 4. The fourth-order valence-corrected chi connectivity index (χ4v) is 3.25. The van der Waals surface area contributed by atoms with E-state index in [1.165, 1.54) is 23.6 Å². The highest BCUT2D eigenvalue weighted by Crippen LogP contribution is 2.36. The zero-order chi connectivity index (χ0) is 17.9. The number of benzene rings is 2. The van der Waals surface area contributed by atoms with Crippen molar-refractivity contribution in [1.29, 1.82) is 5.26 Å². The van der Waals surface area contributed by atoms with Gasteiger partial charge in [-0.2, -0.15) is 5.26 Å². The summed E-state index contributed by atoms with van der Waals surface area (Å²) >= 11 is 1.34. The van der Waals surface area contributed by atoms with Crippen molar-refractivity contribution in [3.05, 3.63) is 64.9 Å². The lowest BCUT2D eigenvalue weighted by molar-refractivity contribution is 0.174. The standard InChI is InChI=1S/C19H12FN3O2S/c20-14-3-1-2-4-15(14)22-9-13(8-21)19-23-16(10-26-19)12-5-6-17-18(7-12)25-11-24-17/h1-7,9-10,22H,11H2/b13-9+. The minimum absolute atomic E-state index is 0.212. The molecular weight excluding hydrogens is 353 g/mol. The van der Waals surface area contributed by atoms with Crippen LogP contribution in [-0.4, -0.2) is 11.8 Å². The Hall–Kier alpha value is -3.37. The second-order valence-corrected chi connectivity index (χ2v) is 6.26. The van der Waals surface area contributed by atoms with Crippen molar-refractivity contribution in [2.45, 2.75) is 0 Å². The maximum Gasteiger partial charge on any atom is 0.231 e. The largest absolute Gasteiger partial charge is 0.454 e. The Kier molecular flexibility index (Phi) is 4.25. The highest BCUT2D eigenvalue weighted by molar-refractivity contribution is 7.11. The average molecular weight is 365 g/mol. The van der Waals surface area contributed by atoms with Crippen molar-refractivity contribution in [1.82, 2.24) is 4.98 Å². The molecule has 0 atom stereocenters. The topological polar surface area (TPSA) is 67.2 Å². The van der Waals surface area contributed by atoms with E-state index in [0.29, 0.717) is 27.8 Å². The third-order valence-corrected chi connectivity index (χ3v) is 4.64. The summed E-state index contributed by atoms with van der Waals surface area (Å²) in [6.07, 6.45) is 1.46. The third kappa shape index (κ3) is 3.10. The van der Waals surface area contributed by atoms with Gasteiger partial charge in [-0.1, -0.05) is 12.1 Å². The number of aromatic nitrogens is 1. The Morgan fingerprint density at radius 2 is 2.08 bits per heavy atom. The summed E-state index contributed by atoms with van der Waals surface area (Å²) in [5.41, 5.74) is 2.23. The number of nitrogens with one attached hydrogen (secondary N) is 1. The van der Waals surface area contributed by atoms with Crippen LogP contribution in [0.1, 0.15) is 5.01 Å². The van der Waals surface area contributed by atoms with Crippen molar-refractivity contribution in [3.8, 4) is 28.8 Å². The first-order valence-electron chi connectivity index (χ1n) is 7.72. The Bertz CT molecular complexity index is 1040. The first-order valence-corrected chi connectivity index (χ1v) is 8.60. The number of hydrogen-bond acceptors (Lipinski definition) is 6. The maximum absolute atomic E-state index is 13.7. The Labute approximate surface area is 153 Å². The van der Waals surface area contributed by atoms with Crippen molar-refractivity contribution >= 4 is 22.6 Å². The number of para-hydroxylation sites is 1. The molecule has 1 aliphatic heterocycles. The summed E-state index contributed by atoms with van der Waals surface area (Å²) in [5.74, 6) is 0.992. The van der Waals surface area contributed by atoms with E-state index in [4.69, 9.17) is 9.47 Å². The minimum Gasteiger partial charge on any atom is -0.454 e. The average Bonchev–Trinajstić information content (AvgIpc) is 3.32. The molecule has 0 saturated carbocycles. The van der Waals surface area contributed by atoms with Gasteiger partial charge in [0, 0.05) is 17.1 Å². The molecule has 3 aromatic rings. The Morgan fingerprint density at radius 3 is 2.92 bits per heavy atom. The normalized spacial score (nSPS) is 12.7. The van der Waals surface area contributed by atoms with Gasteiger partial charge in [0.1, 0.15) is 22.5 Å². The lowest BCUT2D eigenvalue weighted by Gasteiger charge is -2.02. The summed E-state index contributed by atoms with van der Waals surface area (Å²) in [6, 6.07) is 13.9. The molecule has 7 heteroatoms. The quantitative estimate of drug-likeness (QED) is 0.682. The first kappa shape index (κ1) is 16.1. The van der Waals surface area contributed by atoms with E-state index < -0.39 is 0 Å². The molecule has 0 bridgehead atoms. The molecule has 1 N–H and O–H groups in total. The lowest BCUT2D eigenvalue weighted by atomic mass is 10.1. The van der Waals surface area contributed by atoms with Crippen LogP contribution in [0.4, 0.5) is 10.1 Å². The monoisotopic (exact) mass is 365 g/mol. The molecule has 5 nitrogen and oxygen atoms in total. The third-order valence-electron chi connectivity index (χ3n) is 3.77. The van der Waals surface area contributed by atoms with Crippen molar-refractivity contribution in [3.63, 3.8) is 0 Å². The molecule has 2 heterocycles. The number of nitrogens with zero attached hydrogens (tertiary/aromatic N) is 2. The summed E-state index contributed by atoms with van der Waals surface area (Å²) < 4.78 is 24.4. The van der Waals surface area contributed by atoms with Gasteiger partial charge in [0.2, 0.25) is 6.79 Å². The van der Waals surface area contributed by atoms with E-state index in [9.17, 15) is 9.65 Å². The van der Waals surface area contributed by atoms with Crippen LogP contribution >= 0.6 is 11.3 Å². The molecule has 0 aliphatic carbocycles. The molecule has 128 valence electrons. The molecule has 26 heavy (non-hydrogen) atoms. The minimum atomic E-state index is -0.388. The number of nitriles is 1. The number of allylic oxidation sites excluding steroid dienone is 1. The van der Waals surface area contributed by atoms with E-state index in [1.807, 2.05) is 23.6 Å². The van der Waals surface area contributed by atoms with Crippen LogP contribution in [0.15, 0.2) is 54.0 Å². The summed E-state index contributed by atoms with van der Waals surface area (Å²) in [5, 5.41) is 14.6. The van der Waals surface area contributed by atoms with Crippen LogP contribution in [-0.2, 0) is 0 Å². The van der Waals surface area contributed by atoms with Crippen molar-refractivity contribution in [2.24, 2.45) is 0 Å². The number of halogens is 1. The molecule has 2 aromatic carbocycles. The molecule has 4 rings (SSSR count). The van der Waals surface area contributed by atoms with Gasteiger partial charge in [0.05, 0.1) is 11.4 Å². The van der Waals surface area contributed by atoms with Crippen molar-refractivity contribution in [2.75, 3.05) is 12.1 Å². The van der Waals surface area contributed by atoms with Crippen LogP contribution in [0, 0.1) is 17.1 Å². The summed E-state index contributed by atoms with van der Waals surface area (Å²) in [4.78, 5) is 4.51. The number of anilines is 1. The van der Waals surface area contributed by atoms with Gasteiger partial charge in [-0.25, -0.2) is 9.37 Å². The molecule has 0 fully saturated rings. The van der Waals surface area contributed by atoms with Gasteiger partial charge in [-0.15, -0.1) is 11.3 Å². The van der Waals surface area contributed by atoms with Crippen LogP contribution in [0.2, 0.25) is 0 Å². The maximum atomic E-state index is 13.7. The molecule has 1 aliphatic rings. The van der Waals surface area contributed by atoms with E-state index in [1.54, 1.807) is 18.2 Å². The Morgan fingerprint density at radius 1 is 1.23 bits per heavy atom. The zero-order valence-corrected chi connectivity index (χ0v) is 14.2. The van der Waals surface area contributed by atoms with Gasteiger partial charge in [0.25, 0.3) is 0 Å². The van der Waals surface area contributed by atoms with E-state index in [0.717, 1.165) is 11.3 Å². The Balaban J connectivity index is 1.59. The first-order chi connectivity index (χ1) is 12.7. The number of fused-ring (bicyclic) bond motifs is 1. The van der Waals surface area contributed by atoms with Crippen LogP contribution in [0.5, 0.6) is 11.5 Å². The van der Waals surface area contributed by atoms with Crippen LogP contribution < -0.4 is 14.8 Å². The number of thiazole rings is 1. The van der Waals surface area contributed by atoms with Crippen LogP contribution in [0.25, 0.3) is 16.8 Å². The molecule has 0 radical (unpaired) electrons. The van der Waals surface area contributed by atoms with E-state index in [-0.39, 0.29) is 12.6 Å². The van der Waals surface area contributed by atoms with Crippen LogP contribution in [0.3, 0.4) is 0 Å². The van der Waals surface area contributed by atoms with Gasteiger partial charge in [-0.3, -0.25) is 0 Å². The SMILES string of the molecule is N#C/C(=C\Nc1ccccc1F)c1nc(-c2ccc3c(c2)OCO3)cs1. The number of hydrogen-bond donors (Lipinski definition) is 1. The van der Waals surface area contributed by atoms with Crippen molar-refractivity contribution < 1.29 is 13.9 Å². The number of ether oxygens (including phenoxy) is 2. The van der Waals surface area contributed by atoms with Gasteiger partial charge in [-0.05, 0) is 30.3 Å². The summed E-state index contributed by atoms with van der Waals surface area (Å²) in [7, 11) is 0. The zero-order valence-electron chi connectivity index (χ0n) is 13.4. The highest BCUT2D eigenvalue weighted by atomic mass is 32.1. The highest BCUT2D eigenvalue weighted by Gasteiger charge is 2.16. The van der Waals surface area contributed by atoms with Gasteiger partial charge >= 0.3 is 0 Å². The van der Waals surface area contributed by atoms with E-state index >= 15 is 0 Å².